The predicted molar refractivity (Wildman–Crippen MR) is 78.0 cm³/mol. The highest BCUT2D eigenvalue weighted by Crippen LogP contribution is 2.35. The fraction of sp³-hybridized carbons (Fsp3) is 0.250. The quantitative estimate of drug-likeness (QED) is 0.916. The van der Waals surface area contributed by atoms with Crippen LogP contribution in [0.3, 0.4) is 0 Å². The van der Waals surface area contributed by atoms with Gasteiger partial charge in [0.15, 0.2) is 0 Å². The highest BCUT2D eigenvalue weighted by atomic mass is 35.5. The zero-order chi connectivity index (χ0) is 14.0. The SMILES string of the molecule is COc1cccc(Cl)c1C(O)c1ccc(C)c(C)c1. The molecule has 0 aliphatic heterocycles. The first kappa shape index (κ1) is 13.9. The van der Waals surface area contributed by atoms with Crippen molar-refractivity contribution in [3.05, 3.63) is 63.7 Å². The van der Waals surface area contributed by atoms with Gasteiger partial charge < -0.3 is 9.84 Å². The fourth-order valence-electron chi connectivity index (χ4n) is 2.06. The minimum Gasteiger partial charge on any atom is -0.496 e. The van der Waals surface area contributed by atoms with Gasteiger partial charge in [-0.2, -0.15) is 0 Å². The third kappa shape index (κ3) is 2.75. The summed E-state index contributed by atoms with van der Waals surface area (Å²) < 4.78 is 5.28. The van der Waals surface area contributed by atoms with Crippen molar-refractivity contribution >= 4 is 11.6 Å². The third-order valence-electron chi connectivity index (χ3n) is 3.35. The van der Waals surface area contributed by atoms with Crippen LogP contribution < -0.4 is 4.74 Å². The molecule has 2 rings (SSSR count). The lowest BCUT2D eigenvalue weighted by molar-refractivity contribution is 0.215. The van der Waals surface area contributed by atoms with E-state index in [0.717, 1.165) is 11.1 Å². The summed E-state index contributed by atoms with van der Waals surface area (Å²) in [6.07, 6.45) is -0.789. The van der Waals surface area contributed by atoms with Gasteiger partial charge in [-0.15, -0.1) is 0 Å². The Hall–Kier alpha value is -1.51. The molecule has 0 saturated heterocycles. The number of aliphatic hydroxyl groups is 1. The van der Waals surface area contributed by atoms with Crippen molar-refractivity contribution in [2.75, 3.05) is 7.11 Å². The molecule has 0 saturated carbocycles. The number of aliphatic hydroxyl groups excluding tert-OH is 1. The number of rotatable bonds is 3. The topological polar surface area (TPSA) is 29.5 Å². The molecule has 0 aliphatic carbocycles. The molecule has 1 N–H and O–H groups in total. The fourth-order valence-corrected chi connectivity index (χ4v) is 2.33. The minimum atomic E-state index is -0.789. The van der Waals surface area contributed by atoms with Crippen LogP contribution in [-0.4, -0.2) is 12.2 Å². The van der Waals surface area contributed by atoms with E-state index < -0.39 is 6.10 Å². The molecule has 0 radical (unpaired) electrons. The van der Waals surface area contributed by atoms with Crippen molar-refractivity contribution in [2.24, 2.45) is 0 Å². The molecular weight excluding hydrogens is 260 g/mol. The first-order valence-electron chi connectivity index (χ1n) is 6.12. The maximum atomic E-state index is 10.5. The number of ether oxygens (including phenoxy) is 1. The minimum absolute atomic E-state index is 0.505. The third-order valence-corrected chi connectivity index (χ3v) is 3.68. The van der Waals surface area contributed by atoms with Gasteiger partial charge in [-0.1, -0.05) is 35.9 Å². The second-order valence-corrected chi connectivity index (χ2v) is 5.01. The van der Waals surface area contributed by atoms with Crippen molar-refractivity contribution in [1.29, 1.82) is 0 Å². The van der Waals surface area contributed by atoms with Gasteiger partial charge >= 0.3 is 0 Å². The van der Waals surface area contributed by atoms with Crippen LogP contribution in [0.4, 0.5) is 0 Å². The van der Waals surface area contributed by atoms with E-state index in [1.165, 1.54) is 5.56 Å². The van der Waals surface area contributed by atoms with Gasteiger partial charge in [-0.25, -0.2) is 0 Å². The van der Waals surface area contributed by atoms with Crippen molar-refractivity contribution in [2.45, 2.75) is 20.0 Å². The second-order valence-electron chi connectivity index (χ2n) is 4.60. The lowest BCUT2D eigenvalue weighted by Crippen LogP contribution is -2.04. The Bertz CT molecular complexity index is 593. The highest BCUT2D eigenvalue weighted by Gasteiger charge is 2.19. The van der Waals surface area contributed by atoms with E-state index in [1.54, 1.807) is 25.3 Å². The number of halogens is 1. The molecule has 0 aliphatic rings. The number of hydrogen-bond donors (Lipinski definition) is 1. The number of aryl methyl sites for hydroxylation is 2. The van der Waals surface area contributed by atoms with Crippen LogP contribution >= 0.6 is 11.6 Å². The first-order chi connectivity index (χ1) is 9.04. The highest BCUT2D eigenvalue weighted by molar-refractivity contribution is 6.31. The number of benzene rings is 2. The van der Waals surface area contributed by atoms with E-state index in [2.05, 4.69) is 0 Å². The maximum Gasteiger partial charge on any atom is 0.126 e. The molecule has 0 heterocycles. The van der Waals surface area contributed by atoms with E-state index in [4.69, 9.17) is 16.3 Å². The van der Waals surface area contributed by atoms with Crippen LogP contribution in [0.5, 0.6) is 5.75 Å². The van der Waals surface area contributed by atoms with Crippen molar-refractivity contribution in [3.8, 4) is 5.75 Å². The van der Waals surface area contributed by atoms with Crippen LogP contribution in [0.15, 0.2) is 36.4 Å². The summed E-state index contributed by atoms with van der Waals surface area (Å²) in [4.78, 5) is 0. The monoisotopic (exact) mass is 276 g/mol. The van der Waals surface area contributed by atoms with Crippen molar-refractivity contribution < 1.29 is 9.84 Å². The second kappa shape index (κ2) is 5.64. The summed E-state index contributed by atoms with van der Waals surface area (Å²) in [7, 11) is 1.57. The first-order valence-corrected chi connectivity index (χ1v) is 6.50. The summed E-state index contributed by atoms with van der Waals surface area (Å²) in [5.74, 6) is 0.596. The Morgan fingerprint density at radius 2 is 1.84 bits per heavy atom. The van der Waals surface area contributed by atoms with Crippen LogP contribution in [0.2, 0.25) is 5.02 Å². The standard InChI is InChI=1S/C16H17ClO2/c1-10-7-8-12(9-11(10)2)16(18)15-13(17)5-4-6-14(15)19-3/h4-9,16,18H,1-3H3. The molecule has 2 aromatic rings. The van der Waals surface area contributed by atoms with Gasteiger partial charge in [-0.3, -0.25) is 0 Å². The average Bonchev–Trinajstić information content (AvgIpc) is 2.40. The lowest BCUT2D eigenvalue weighted by Gasteiger charge is -2.17. The molecule has 0 amide bonds. The van der Waals surface area contributed by atoms with Crippen LogP contribution in [0.1, 0.15) is 28.4 Å². The van der Waals surface area contributed by atoms with Crippen LogP contribution in [0, 0.1) is 13.8 Å². The van der Waals surface area contributed by atoms with Crippen LogP contribution in [0.25, 0.3) is 0 Å². The van der Waals surface area contributed by atoms with E-state index in [-0.39, 0.29) is 0 Å². The van der Waals surface area contributed by atoms with E-state index in [1.807, 2.05) is 32.0 Å². The smallest absolute Gasteiger partial charge is 0.126 e. The van der Waals surface area contributed by atoms with E-state index in [9.17, 15) is 5.11 Å². The Balaban J connectivity index is 2.49. The van der Waals surface area contributed by atoms with Crippen molar-refractivity contribution in [1.82, 2.24) is 0 Å². The van der Waals surface area contributed by atoms with Gasteiger partial charge in [0.1, 0.15) is 11.9 Å². The molecule has 2 nitrogen and oxygen atoms in total. The molecule has 19 heavy (non-hydrogen) atoms. The van der Waals surface area contributed by atoms with Gasteiger partial charge in [0.25, 0.3) is 0 Å². The molecule has 1 unspecified atom stereocenters. The molecule has 1 atom stereocenters. The number of methoxy groups -OCH3 is 1. The van der Waals surface area contributed by atoms with Crippen LogP contribution in [-0.2, 0) is 0 Å². The Morgan fingerprint density at radius 3 is 2.47 bits per heavy atom. The average molecular weight is 277 g/mol. The predicted octanol–water partition coefficient (Wildman–Crippen LogP) is 4.05. The maximum absolute atomic E-state index is 10.5. The summed E-state index contributed by atoms with van der Waals surface area (Å²) in [6, 6.07) is 11.2. The Labute approximate surface area is 118 Å². The molecule has 0 bridgehead atoms. The number of hydrogen-bond acceptors (Lipinski definition) is 2. The van der Waals surface area contributed by atoms with E-state index >= 15 is 0 Å². The molecular formula is C16H17ClO2. The normalized spacial score (nSPS) is 12.3. The summed E-state index contributed by atoms with van der Waals surface area (Å²) in [5.41, 5.74) is 3.76. The van der Waals surface area contributed by atoms with Gasteiger partial charge in [0.05, 0.1) is 12.1 Å². The molecule has 100 valence electrons. The molecule has 0 fully saturated rings. The Morgan fingerprint density at radius 1 is 1.11 bits per heavy atom. The summed E-state index contributed by atoms with van der Waals surface area (Å²) in [6.45, 7) is 4.07. The molecule has 0 spiro atoms. The Kier molecular flexibility index (Phi) is 4.13. The zero-order valence-electron chi connectivity index (χ0n) is 11.3. The van der Waals surface area contributed by atoms with Gasteiger partial charge in [0, 0.05) is 5.56 Å². The summed E-state index contributed by atoms with van der Waals surface area (Å²) in [5, 5.41) is 11.0. The van der Waals surface area contributed by atoms with E-state index in [0.29, 0.717) is 16.3 Å². The molecule has 3 heteroatoms. The largest absolute Gasteiger partial charge is 0.496 e. The molecule has 0 aromatic heterocycles. The van der Waals surface area contributed by atoms with Gasteiger partial charge in [-0.05, 0) is 42.7 Å². The lowest BCUT2D eigenvalue weighted by atomic mass is 9.97. The summed E-state index contributed by atoms with van der Waals surface area (Å²) >= 11 is 6.18. The molecule has 2 aromatic carbocycles. The van der Waals surface area contributed by atoms with Crippen molar-refractivity contribution in [3.63, 3.8) is 0 Å². The zero-order valence-corrected chi connectivity index (χ0v) is 12.0. The van der Waals surface area contributed by atoms with Gasteiger partial charge in [0.2, 0.25) is 0 Å².